The minimum Gasteiger partial charge on any atom is -0.481 e. The molecule has 0 radical (unpaired) electrons. The highest BCUT2D eigenvalue weighted by atomic mass is 35.5. The molecule has 0 amide bonds. The highest BCUT2D eigenvalue weighted by Gasteiger charge is 2.30. The Kier molecular flexibility index (Phi) is 4.98. The summed E-state index contributed by atoms with van der Waals surface area (Å²) >= 11 is 11.6. The zero-order chi connectivity index (χ0) is 15.6. The number of aliphatic carboxylic acids is 1. The predicted octanol–water partition coefficient (Wildman–Crippen LogP) is 2.45. The zero-order valence-corrected chi connectivity index (χ0v) is 13.2. The Bertz CT molecular complexity index is 643. The van der Waals surface area contributed by atoms with Gasteiger partial charge in [0.1, 0.15) is 0 Å². The maximum absolute atomic E-state index is 12.2. The number of carbonyl (C=O) groups is 1. The van der Waals surface area contributed by atoms with Crippen LogP contribution in [0.25, 0.3) is 0 Å². The van der Waals surface area contributed by atoms with Crippen molar-refractivity contribution in [2.75, 3.05) is 17.8 Å². The molecule has 0 unspecified atom stereocenters. The minimum atomic E-state index is -3.73. The molecule has 0 aromatic heterocycles. The second kappa shape index (κ2) is 6.39. The van der Waals surface area contributed by atoms with Crippen LogP contribution < -0.4 is 4.72 Å². The van der Waals surface area contributed by atoms with E-state index < -0.39 is 22.1 Å². The molecule has 6 nitrogen and oxygen atoms in total. The molecule has 1 aromatic carbocycles. The monoisotopic (exact) mass is 352 g/mol. The van der Waals surface area contributed by atoms with E-state index in [2.05, 4.69) is 4.72 Å². The van der Waals surface area contributed by atoms with Crippen molar-refractivity contribution in [1.82, 2.24) is 4.31 Å². The summed E-state index contributed by atoms with van der Waals surface area (Å²) in [5.74, 6) is -1.37. The molecule has 1 aliphatic rings. The third-order valence-corrected chi connectivity index (χ3v) is 5.59. The van der Waals surface area contributed by atoms with Crippen LogP contribution >= 0.6 is 23.2 Å². The Morgan fingerprint density at radius 2 is 1.86 bits per heavy atom. The van der Waals surface area contributed by atoms with Crippen LogP contribution in [0.1, 0.15) is 12.8 Å². The van der Waals surface area contributed by atoms with Crippen molar-refractivity contribution in [3.05, 3.63) is 28.2 Å². The zero-order valence-electron chi connectivity index (χ0n) is 10.9. The van der Waals surface area contributed by atoms with Gasteiger partial charge in [0.25, 0.3) is 0 Å². The summed E-state index contributed by atoms with van der Waals surface area (Å²) < 4.78 is 28.1. The van der Waals surface area contributed by atoms with E-state index in [4.69, 9.17) is 28.3 Å². The lowest BCUT2D eigenvalue weighted by Crippen LogP contribution is -2.42. The Balaban J connectivity index is 2.05. The first-order chi connectivity index (χ1) is 9.79. The van der Waals surface area contributed by atoms with Gasteiger partial charge in [0.15, 0.2) is 0 Å². The highest BCUT2D eigenvalue weighted by Crippen LogP contribution is 2.26. The van der Waals surface area contributed by atoms with Crippen LogP contribution in [0.5, 0.6) is 0 Å². The summed E-state index contributed by atoms with van der Waals surface area (Å²) in [4.78, 5) is 10.9. The summed E-state index contributed by atoms with van der Waals surface area (Å²) in [6, 6.07) is 4.43. The second-order valence-corrected chi connectivity index (χ2v) is 7.23. The Hall–Kier alpha value is -1.02. The van der Waals surface area contributed by atoms with E-state index in [0.717, 1.165) is 0 Å². The first kappa shape index (κ1) is 16.4. The van der Waals surface area contributed by atoms with E-state index >= 15 is 0 Å². The lowest BCUT2D eigenvalue weighted by atomic mass is 9.99. The first-order valence-corrected chi connectivity index (χ1v) is 8.45. The van der Waals surface area contributed by atoms with E-state index in [1.54, 1.807) is 0 Å². The van der Waals surface area contributed by atoms with E-state index in [0.29, 0.717) is 23.6 Å². The van der Waals surface area contributed by atoms with Crippen molar-refractivity contribution < 1.29 is 18.3 Å². The normalized spacial score (nSPS) is 17.6. The molecular formula is C12H14Cl2N2O4S. The fourth-order valence-corrected chi connectivity index (χ4v) is 3.66. The molecule has 2 N–H and O–H groups in total. The van der Waals surface area contributed by atoms with Gasteiger partial charge in [-0.2, -0.15) is 12.7 Å². The molecule has 0 aliphatic carbocycles. The van der Waals surface area contributed by atoms with Gasteiger partial charge in [0.2, 0.25) is 0 Å². The Morgan fingerprint density at radius 3 is 2.38 bits per heavy atom. The van der Waals surface area contributed by atoms with E-state index in [1.165, 1.54) is 22.5 Å². The molecule has 0 atom stereocenters. The number of hydrogen-bond acceptors (Lipinski definition) is 3. The summed E-state index contributed by atoms with van der Waals surface area (Å²) in [7, 11) is -3.73. The maximum atomic E-state index is 12.2. The summed E-state index contributed by atoms with van der Waals surface area (Å²) in [6.07, 6.45) is 0.606. The van der Waals surface area contributed by atoms with Gasteiger partial charge in [0.05, 0.1) is 21.7 Å². The van der Waals surface area contributed by atoms with E-state index in [1.807, 2.05) is 0 Å². The largest absolute Gasteiger partial charge is 0.481 e. The molecule has 1 saturated heterocycles. The van der Waals surface area contributed by atoms with Gasteiger partial charge in [-0.1, -0.05) is 23.2 Å². The van der Waals surface area contributed by atoms with Crippen LogP contribution in [0.15, 0.2) is 18.2 Å². The number of hydrogen-bond donors (Lipinski definition) is 2. The SMILES string of the molecule is O=C(O)C1CCN(S(=O)(=O)Nc2ccc(Cl)c(Cl)c2)CC1. The molecular weight excluding hydrogens is 339 g/mol. The van der Waals surface area contributed by atoms with Gasteiger partial charge in [-0.05, 0) is 31.0 Å². The van der Waals surface area contributed by atoms with Crippen molar-refractivity contribution >= 4 is 45.1 Å². The molecule has 1 fully saturated rings. The van der Waals surface area contributed by atoms with Crippen LogP contribution in [0.4, 0.5) is 5.69 Å². The minimum absolute atomic E-state index is 0.174. The molecule has 2 rings (SSSR count). The molecule has 116 valence electrons. The van der Waals surface area contributed by atoms with Crippen LogP contribution in [0.3, 0.4) is 0 Å². The van der Waals surface area contributed by atoms with E-state index in [-0.39, 0.29) is 18.1 Å². The third kappa shape index (κ3) is 4.00. The average molecular weight is 353 g/mol. The summed E-state index contributed by atoms with van der Waals surface area (Å²) in [5, 5.41) is 9.49. The number of nitrogens with zero attached hydrogens (tertiary/aromatic N) is 1. The summed E-state index contributed by atoms with van der Waals surface area (Å²) in [5.41, 5.74) is 0.310. The number of piperidine rings is 1. The van der Waals surface area contributed by atoms with Crippen molar-refractivity contribution in [2.45, 2.75) is 12.8 Å². The molecule has 0 bridgehead atoms. The molecule has 0 spiro atoms. The second-order valence-electron chi connectivity index (χ2n) is 4.75. The van der Waals surface area contributed by atoms with E-state index in [9.17, 15) is 13.2 Å². The molecule has 0 saturated carbocycles. The predicted molar refractivity (Wildman–Crippen MR) is 80.9 cm³/mol. The van der Waals surface area contributed by atoms with Crippen molar-refractivity contribution in [1.29, 1.82) is 0 Å². The van der Waals surface area contributed by atoms with Gasteiger partial charge in [0, 0.05) is 13.1 Å². The summed E-state index contributed by atoms with van der Waals surface area (Å²) in [6.45, 7) is 0.348. The van der Waals surface area contributed by atoms with Crippen molar-refractivity contribution in [3.63, 3.8) is 0 Å². The molecule has 1 aliphatic heterocycles. The van der Waals surface area contributed by atoms with Gasteiger partial charge in [-0.15, -0.1) is 0 Å². The van der Waals surface area contributed by atoms with Gasteiger partial charge >= 0.3 is 16.2 Å². The number of halogens is 2. The lowest BCUT2D eigenvalue weighted by Gasteiger charge is -2.29. The first-order valence-electron chi connectivity index (χ1n) is 6.25. The molecule has 21 heavy (non-hydrogen) atoms. The highest BCUT2D eigenvalue weighted by molar-refractivity contribution is 7.90. The van der Waals surface area contributed by atoms with Crippen molar-refractivity contribution in [3.8, 4) is 0 Å². The number of carboxylic acids is 1. The van der Waals surface area contributed by atoms with Crippen LogP contribution in [0.2, 0.25) is 10.0 Å². The van der Waals surface area contributed by atoms with Crippen molar-refractivity contribution in [2.24, 2.45) is 5.92 Å². The maximum Gasteiger partial charge on any atom is 0.306 e. The number of nitrogens with one attached hydrogen (secondary N) is 1. The number of anilines is 1. The number of benzene rings is 1. The smallest absolute Gasteiger partial charge is 0.306 e. The fraction of sp³-hybridized carbons (Fsp3) is 0.417. The molecule has 1 heterocycles. The molecule has 1 aromatic rings. The van der Waals surface area contributed by atoms with Gasteiger partial charge in [-0.3, -0.25) is 9.52 Å². The number of rotatable bonds is 4. The molecule has 9 heteroatoms. The number of carboxylic acid groups (broad SMARTS) is 1. The van der Waals surface area contributed by atoms with Crippen LogP contribution in [-0.4, -0.2) is 36.9 Å². The van der Waals surface area contributed by atoms with Crippen LogP contribution in [-0.2, 0) is 15.0 Å². The Labute approximate surface area is 132 Å². The fourth-order valence-electron chi connectivity index (χ4n) is 2.12. The lowest BCUT2D eigenvalue weighted by molar-refractivity contribution is -0.142. The van der Waals surface area contributed by atoms with Gasteiger partial charge in [-0.25, -0.2) is 0 Å². The Morgan fingerprint density at radius 1 is 1.24 bits per heavy atom. The average Bonchev–Trinajstić information content (AvgIpc) is 2.43. The van der Waals surface area contributed by atoms with Crippen LogP contribution in [0, 0.1) is 5.92 Å². The van der Waals surface area contributed by atoms with Gasteiger partial charge < -0.3 is 5.11 Å². The standard InChI is InChI=1S/C12H14Cl2N2O4S/c13-10-2-1-9(7-11(10)14)15-21(19,20)16-5-3-8(4-6-16)12(17)18/h1-2,7-8,15H,3-6H2,(H,17,18). The topological polar surface area (TPSA) is 86.7 Å². The quantitative estimate of drug-likeness (QED) is 0.871. The third-order valence-electron chi connectivity index (χ3n) is 3.31.